The SMILES string of the molecule is O=C1C2Sc3[nH]c(=O)sc3[C@H](c3ccccc3O)C2C(=O)N1c1ccc(F)cc1. The maximum absolute atomic E-state index is 13.4. The van der Waals surface area contributed by atoms with E-state index in [-0.39, 0.29) is 10.6 Å². The van der Waals surface area contributed by atoms with E-state index in [0.717, 1.165) is 28.0 Å². The highest BCUT2D eigenvalue weighted by atomic mass is 32.2. The number of imide groups is 1. The topological polar surface area (TPSA) is 90.5 Å². The number of thiazole rings is 1. The number of fused-ring (bicyclic) bond motifs is 2. The van der Waals surface area contributed by atoms with E-state index < -0.39 is 34.7 Å². The Hall–Kier alpha value is -2.91. The van der Waals surface area contributed by atoms with Crippen LogP contribution < -0.4 is 9.77 Å². The van der Waals surface area contributed by atoms with Gasteiger partial charge in [0.15, 0.2) is 0 Å². The maximum Gasteiger partial charge on any atom is 0.305 e. The van der Waals surface area contributed by atoms with Crippen molar-refractivity contribution < 1.29 is 19.1 Å². The third kappa shape index (κ3) is 2.72. The third-order valence-electron chi connectivity index (χ3n) is 5.18. The normalized spacial score (nSPS) is 23.2. The highest BCUT2D eigenvalue weighted by molar-refractivity contribution is 8.00. The molecule has 146 valence electrons. The molecule has 1 fully saturated rings. The van der Waals surface area contributed by atoms with E-state index in [1.165, 1.54) is 30.3 Å². The summed E-state index contributed by atoms with van der Waals surface area (Å²) < 4.78 is 13.3. The summed E-state index contributed by atoms with van der Waals surface area (Å²) in [6, 6.07) is 11.8. The number of benzene rings is 2. The zero-order valence-electron chi connectivity index (χ0n) is 14.7. The number of nitrogens with zero attached hydrogens (tertiary/aromatic N) is 1. The van der Waals surface area contributed by atoms with Crippen molar-refractivity contribution in [2.75, 3.05) is 4.90 Å². The van der Waals surface area contributed by atoms with E-state index in [4.69, 9.17) is 0 Å². The molecule has 2 unspecified atom stereocenters. The van der Waals surface area contributed by atoms with Crippen LogP contribution in [0.4, 0.5) is 10.1 Å². The Morgan fingerprint density at radius 1 is 1.00 bits per heavy atom. The zero-order chi connectivity index (χ0) is 20.3. The van der Waals surface area contributed by atoms with Gasteiger partial charge in [0.25, 0.3) is 0 Å². The number of H-pyrrole nitrogens is 1. The number of rotatable bonds is 2. The summed E-state index contributed by atoms with van der Waals surface area (Å²) in [5.74, 6) is -2.75. The molecule has 2 N–H and O–H groups in total. The van der Waals surface area contributed by atoms with Crippen LogP contribution in [0.25, 0.3) is 0 Å². The Labute approximate surface area is 172 Å². The summed E-state index contributed by atoms with van der Waals surface area (Å²) >= 11 is 2.13. The number of aromatic nitrogens is 1. The van der Waals surface area contributed by atoms with Crippen molar-refractivity contribution in [1.29, 1.82) is 0 Å². The molecule has 0 saturated carbocycles. The van der Waals surface area contributed by atoms with Gasteiger partial charge in [0.2, 0.25) is 11.8 Å². The average Bonchev–Trinajstić information content (AvgIpc) is 3.19. The second-order valence-electron chi connectivity index (χ2n) is 6.80. The van der Waals surface area contributed by atoms with Crippen molar-refractivity contribution in [3.63, 3.8) is 0 Å². The quantitative estimate of drug-likeness (QED) is 0.613. The molecule has 3 atom stereocenters. The van der Waals surface area contributed by atoms with Gasteiger partial charge in [0.05, 0.1) is 16.6 Å². The molecule has 2 aliphatic rings. The second kappa shape index (κ2) is 6.57. The van der Waals surface area contributed by atoms with E-state index in [1.807, 2.05) is 0 Å². The van der Waals surface area contributed by atoms with Crippen LogP contribution in [0.5, 0.6) is 5.75 Å². The maximum atomic E-state index is 13.4. The molecule has 5 rings (SSSR count). The summed E-state index contributed by atoms with van der Waals surface area (Å²) in [4.78, 5) is 42.7. The number of aromatic hydroxyl groups is 1. The van der Waals surface area contributed by atoms with Crippen molar-refractivity contribution >= 4 is 40.6 Å². The first-order valence-electron chi connectivity index (χ1n) is 8.76. The van der Waals surface area contributed by atoms with Gasteiger partial charge < -0.3 is 10.1 Å². The van der Waals surface area contributed by atoms with Crippen LogP contribution >= 0.6 is 23.1 Å². The van der Waals surface area contributed by atoms with E-state index in [2.05, 4.69) is 4.98 Å². The summed E-state index contributed by atoms with van der Waals surface area (Å²) in [5, 5.41) is 10.2. The lowest BCUT2D eigenvalue weighted by atomic mass is 9.82. The highest BCUT2D eigenvalue weighted by Crippen LogP contribution is 2.54. The van der Waals surface area contributed by atoms with Crippen molar-refractivity contribution in [2.45, 2.75) is 16.2 Å². The fourth-order valence-electron chi connectivity index (χ4n) is 3.95. The number of phenols is 1. The molecular formula is C20H13FN2O4S2. The number of halogens is 1. The number of aromatic amines is 1. The standard InChI is InChI=1S/C20H13FN2O4S2/c21-9-5-7-10(8-6-9)23-18(25)14-13(11-3-1-2-4-12(11)24)15-17(22-20(27)29-15)28-16(14)19(23)26/h1-8,13-14,16,24H,(H,22,27)/t13-,14?,16?/m1/s1. The van der Waals surface area contributed by atoms with Gasteiger partial charge in [0, 0.05) is 16.4 Å². The molecule has 2 aromatic carbocycles. The van der Waals surface area contributed by atoms with Crippen molar-refractivity contribution in [1.82, 2.24) is 4.98 Å². The van der Waals surface area contributed by atoms with Crippen molar-refractivity contribution in [3.8, 4) is 5.75 Å². The van der Waals surface area contributed by atoms with Gasteiger partial charge in [-0.2, -0.15) is 0 Å². The highest BCUT2D eigenvalue weighted by Gasteiger charge is 2.56. The number of para-hydroxylation sites is 1. The number of anilines is 1. The predicted molar refractivity (Wildman–Crippen MR) is 107 cm³/mol. The van der Waals surface area contributed by atoms with Gasteiger partial charge in [-0.3, -0.25) is 14.4 Å². The number of phenolic OH excluding ortho intramolecular Hbond substituents is 1. The second-order valence-corrected chi connectivity index (χ2v) is 8.96. The van der Waals surface area contributed by atoms with Crippen LogP contribution in [-0.2, 0) is 9.59 Å². The molecule has 3 heterocycles. The summed E-state index contributed by atoms with van der Waals surface area (Å²) in [5.41, 5.74) is 0.783. The smallest absolute Gasteiger partial charge is 0.305 e. The summed E-state index contributed by atoms with van der Waals surface area (Å²) in [6.45, 7) is 0. The molecule has 0 aliphatic carbocycles. The lowest BCUT2D eigenvalue weighted by molar-refractivity contribution is -0.122. The molecule has 9 heteroatoms. The molecule has 29 heavy (non-hydrogen) atoms. The molecule has 0 spiro atoms. The van der Waals surface area contributed by atoms with Gasteiger partial charge in [-0.25, -0.2) is 9.29 Å². The Kier molecular flexibility index (Phi) is 4.11. The largest absolute Gasteiger partial charge is 0.508 e. The van der Waals surface area contributed by atoms with Gasteiger partial charge in [-0.1, -0.05) is 41.3 Å². The number of nitrogens with one attached hydrogen (secondary N) is 1. The lowest BCUT2D eigenvalue weighted by Crippen LogP contribution is -2.32. The molecule has 2 amide bonds. The monoisotopic (exact) mass is 428 g/mol. The Bertz CT molecular complexity index is 1200. The average molecular weight is 428 g/mol. The Morgan fingerprint density at radius 3 is 2.45 bits per heavy atom. The van der Waals surface area contributed by atoms with E-state index in [1.54, 1.807) is 18.2 Å². The van der Waals surface area contributed by atoms with Crippen molar-refractivity contribution in [2.24, 2.45) is 5.92 Å². The molecular weight excluding hydrogens is 415 g/mol. The number of hydrogen-bond acceptors (Lipinski definition) is 6. The minimum atomic E-state index is -0.787. The number of amides is 2. The van der Waals surface area contributed by atoms with Crippen LogP contribution in [0.1, 0.15) is 16.4 Å². The number of carbonyl (C=O) groups excluding carboxylic acids is 2. The molecule has 0 bridgehead atoms. The first kappa shape index (κ1) is 18.1. The van der Waals surface area contributed by atoms with E-state index in [9.17, 15) is 23.9 Å². The fraction of sp³-hybridized carbons (Fsp3) is 0.150. The minimum Gasteiger partial charge on any atom is -0.508 e. The molecule has 3 aromatic rings. The Balaban J connectivity index is 1.67. The van der Waals surface area contributed by atoms with Crippen LogP contribution in [0.2, 0.25) is 0 Å². The fourth-order valence-corrected chi connectivity index (χ4v) is 6.45. The summed E-state index contributed by atoms with van der Waals surface area (Å²) in [6.07, 6.45) is 0. The van der Waals surface area contributed by atoms with E-state index in [0.29, 0.717) is 21.2 Å². The zero-order valence-corrected chi connectivity index (χ0v) is 16.3. The first-order valence-corrected chi connectivity index (χ1v) is 10.5. The van der Waals surface area contributed by atoms with Crippen molar-refractivity contribution in [3.05, 3.63) is 74.5 Å². The third-order valence-corrected chi connectivity index (χ3v) is 7.58. The number of carbonyl (C=O) groups is 2. The Morgan fingerprint density at radius 2 is 1.72 bits per heavy atom. The molecule has 1 aromatic heterocycles. The first-order chi connectivity index (χ1) is 14.0. The van der Waals surface area contributed by atoms with Crippen LogP contribution in [0.3, 0.4) is 0 Å². The lowest BCUT2D eigenvalue weighted by Gasteiger charge is -2.30. The molecule has 6 nitrogen and oxygen atoms in total. The van der Waals surface area contributed by atoms with Gasteiger partial charge in [-0.05, 0) is 30.3 Å². The molecule has 0 radical (unpaired) electrons. The minimum absolute atomic E-state index is 0.00423. The van der Waals surface area contributed by atoms with E-state index >= 15 is 0 Å². The van der Waals surface area contributed by atoms with Crippen LogP contribution in [-0.4, -0.2) is 27.2 Å². The predicted octanol–water partition coefficient (Wildman–Crippen LogP) is 3.08. The van der Waals surface area contributed by atoms with Gasteiger partial charge in [-0.15, -0.1) is 0 Å². The van der Waals surface area contributed by atoms with Gasteiger partial charge >= 0.3 is 4.87 Å². The molecule has 1 saturated heterocycles. The van der Waals surface area contributed by atoms with Crippen LogP contribution in [0, 0.1) is 11.7 Å². The number of hydrogen-bond donors (Lipinski definition) is 2. The van der Waals surface area contributed by atoms with Crippen LogP contribution in [0.15, 0.2) is 58.4 Å². The van der Waals surface area contributed by atoms with Gasteiger partial charge in [0.1, 0.15) is 16.8 Å². The molecule has 2 aliphatic heterocycles. The number of thioether (sulfide) groups is 1. The summed E-state index contributed by atoms with van der Waals surface area (Å²) in [7, 11) is 0.